The van der Waals surface area contributed by atoms with Crippen LogP contribution in [-0.2, 0) is 6.42 Å². The summed E-state index contributed by atoms with van der Waals surface area (Å²) >= 11 is 0. The molecule has 0 nitrogen and oxygen atoms in total. The summed E-state index contributed by atoms with van der Waals surface area (Å²) in [5.41, 5.74) is 10.8. The number of hydrogen-bond donors (Lipinski definition) is 0. The molecule has 0 atom stereocenters. The van der Waals surface area contributed by atoms with Gasteiger partial charge in [0.25, 0.3) is 0 Å². The van der Waals surface area contributed by atoms with Gasteiger partial charge >= 0.3 is 0 Å². The molecule has 4 rings (SSSR count). The van der Waals surface area contributed by atoms with Crippen molar-refractivity contribution < 1.29 is 0 Å². The Kier molecular flexibility index (Phi) is 3.82. The van der Waals surface area contributed by atoms with Gasteiger partial charge in [-0.05, 0) is 66.1 Å². The van der Waals surface area contributed by atoms with E-state index in [4.69, 9.17) is 0 Å². The molecule has 118 valence electrons. The van der Waals surface area contributed by atoms with Gasteiger partial charge in [0.15, 0.2) is 0 Å². The molecule has 0 unspecified atom stereocenters. The van der Waals surface area contributed by atoms with Crippen molar-refractivity contribution in [3.05, 3.63) is 94.5 Å². The molecule has 0 saturated heterocycles. The van der Waals surface area contributed by atoms with E-state index in [9.17, 15) is 0 Å². The summed E-state index contributed by atoms with van der Waals surface area (Å²) in [4.78, 5) is 0. The molecule has 0 radical (unpaired) electrons. The Labute approximate surface area is 144 Å². The fourth-order valence-electron chi connectivity index (χ4n) is 3.41. The van der Waals surface area contributed by atoms with Crippen LogP contribution >= 0.6 is 0 Å². The molecule has 0 aromatic heterocycles. The zero-order valence-corrected chi connectivity index (χ0v) is 14.3. The quantitative estimate of drug-likeness (QED) is 0.509. The number of fused-ring (bicyclic) bond motifs is 1. The van der Waals surface area contributed by atoms with E-state index in [0.29, 0.717) is 0 Å². The van der Waals surface area contributed by atoms with Crippen molar-refractivity contribution >= 4 is 11.6 Å². The van der Waals surface area contributed by atoms with E-state index in [1.54, 1.807) is 0 Å². The topological polar surface area (TPSA) is 0 Å². The molecule has 0 N–H and O–H groups in total. The first-order valence-electron chi connectivity index (χ1n) is 8.67. The van der Waals surface area contributed by atoms with Gasteiger partial charge in [-0.2, -0.15) is 0 Å². The van der Waals surface area contributed by atoms with Crippen molar-refractivity contribution in [3.8, 4) is 11.1 Å². The third-order valence-corrected chi connectivity index (χ3v) is 4.95. The Morgan fingerprint density at radius 3 is 1.83 bits per heavy atom. The lowest BCUT2D eigenvalue weighted by Gasteiger charge is -2.18. The lowest BCUT2D eigenvalue weighted by atomic mass is 9.87. The highest BCUT2D eigenvalue weighted by Gasteiger charge is 2.12. The molecule has 1 aliphatic carbocycles. The van der Waals surface area contributed by atoms with E-state index in [-0.39, 0.29) is 0 Å². The molecular weight excluding hydrogens is 288 g/mol. The number of benzene rings is 3. The Morgan fingerprint density at radius 1 is 0.583 bits per heavy atom. The lowest BCUT2D eigenvalue weighted by Crippen LogP contribution is -1.99. The van der Waals surface area contributed by atoms with Crippen LogP contribution in [0.3, 0.4) is 0 Å². The SMILES string of the molecule is Cc1ccc(C2=Cc3cc(-c4ccc(C)cc4)ccc3CC2)cc1. The van der Waals surface area contributed by atoms with Gasteiger partial charge in [-0.15, -0.1) is 0 Å². The first-order valence-corrected chi connectivity index (χ1v) is 8.67. The van der Waals surface area contributed by atoms with Crippen LogP contribution in [0, 0.1) is 13.8 Å². The zero-order valence-electron chi connectivity index (χ0n) is 14.3. The molecule has 0 fully saturated rings. The summed E-state index contributed by atoms with van der Waals surface area (Å²) in [6.07, 6.45) is 4.63. The Hall–Kier alpha value is -2.60. The summed E-state index contributed by atoms with van der Waals surface area (Å²) in [6, 6.07) is 24.6. The normalized spacial score (nSPS) is 13.3. The van der Waals surface area contributed by atoms with E-state index in [2.05, 4.69) is 86.7 Å². The summed E-state index contributed by atoms with van der Waals surface area (Å²) in [7, 11) is 0. The van der Waals surface area contributed by atoms with Crippen LogP contribution in [0.15, 0.2) is 66.7 Å². The van der Waals surface area contributed by atoms with E-state index in [1.807, 2.05) is 0 Å². The van der Waals surface area contributed by atoms with Crippen LogP contribution < -0.4 is 0 Å². The standard InChI is InChI=1S/C24H22/c1-17-3-7-19(8-4-17)22-13-11-21-12-14-23(16-24(21)15-22)20-9-5-18(2)6-10-20/h3-11,13,15-16H,12,14H2,1-2H3. The molecule has 0 heteroatoms. The highest BCUT2D eigenvalue weighted by atomic mass is 14.2. The highest BCUT2D eigenvalue weighted by Crippen LogP contribution is 2.33. The average Bonchev–Trinajstić information content (AvgIpc) is 2.62. The second-order valence-corrected chi connectivity index (χ2v) is 6.82. The van der Waals surface area contributed by atoms with E-state index < -0.39 is 0 Å². The molecule has 0 saturated carbocycles. The second-order valence-electron chi connectivity index (χ2n) is 6.82. The molecular formula is C24H22. The van der Waals surface area contributed by atoms with Gasteiger partial charge in [0, 0.05) is 0 Å². The van der Waals surface area contributed by atoms with E-state index >= 15 is 0 Å². The van der Waals surface area contributed by atoms with Gasteiger partial charge in [0.2, 0.25) is 0 Å². The second kappa shape index (κ2) is 6.13. The van der Waals surface area contributed by atoms with Crippen molar-refractivity contribution in [1.82, 2.24) is 0 Å². The molecule has 3 aromatic rings. The highest BCUT2D eigenvalue weighted by molar-refractivity contribution is 5.85. The number of rotatable bonds is 2. The van der Waals surface area contributed by atoms with Gasteiger partial charge in [0.05, 0.1) is 0 Å². The Bertz CT molecular complexity index is 894. The lowest BCUT2D eigenvalue weighted by molar-refractivity contribution is 1.00. The summed E-state index contributed by atoms with van der Waals surface area (Å²) in [6.45, 7) is 4.27. The number of aryl methyl sites for hydroxylation is 3. The minimum Gasteiger partial charge on any atom is -0.0587 e. The minimum atomic E-state index is 1.12. The maximum absolute atomic E-state index is 2.38. The van der Waals surface area contributed by atoms with Crippen LogP contribution in [0.1, 0.15) is 34.2 Å². The van der Waals surface area contributed by atoms with Crippen molar-refractivity contribution in [2.24, 2.45) is 0 Å². The first-order chi connectivity index (χ1) is 11.7. The van der Waals surface area contributed by atoms with Crippen molar-refractivity contribution in [2.45, 2.75) is 26.7 Å². The molecule has 0 heterocycles. The molecule has 0 bridgehead atoms. The van der Waals surface area contributed by atoms with E-state index in [1.165, 1.54) is 44.5 Å². The van der Waals surface area contributed by atoms with Crippen molar-refractivity contribution in [1.29, 1.82) is 0 Å². The van der Waals surface area contributed by atoms with Gasteiger partial charge in [-0.25, -0.2) is 0 Å². The maximum atomic E-state index is 2.38. The molecule has 3 aromatic carbocycles. The van der Waals surface area contributed by atoms with Gasteiger partial charge < -0.3 is 0 Å². The van der Waals surface area contributed by atoms with Crippen LogP contribution in [0.2, 0.25) is 0 Å². The number of hydrogen-bond acceptors (Lipinski definition) is 0. The van der Waals surface area contributed by atoms with Crippen LogP contribution in [0.25, 0.3) is 22.8 Å². The number of allylic oxidation sites excluding steroid dienone is 1. The predicted octanol–water partition coefficient (Wildman–Crippen LogP) is 6.46. The summed E-state index contributed by atoms with van der Waals surface area (Å²) in [5, 5.41) is 0. The molecule has 0 spiro atoms. The minimum absolute atomic E-state index is 1.12. The Morgan fingerprint density at radius 2 is 1.17 bits per heavy atom. The maximum Gasteiger partial charge on any atom is -0.0178 e. The summed E-state index contributed by atoms with van der Waals surface area (Å²) in [5.74, 6) is 0. The molecule has 0 amide bonds. The van der Waals surface area contributed by atoms with Gasteiger partial charge in [0.1, 0.15) is 0 Å². The third-order valence-electron chi connectivity index (χ3n) is 4.95. The van der Waals surface area contributed by atoms with Crippen molar-refractivity contribution in [3.63, 3.8) is 0 Å². The largest absolute Gasteiger partial charge is 0.0587 e. The third kappa shape index (κ3) is 2.92. The average molecular weight is 310 g/mol. The predicted molar refractivity (Wildman–Crippen MR) is 104 cm³/mol. The summed E-state index contributed by atoms with van der Waals surface area (Å²) < 4.78 is 0. The van der Waals surface area contributed by atoms with Crippen LogP contribution in [0.4, 0.5) is 0 Å². The zero-order chi connectivity index (χ0) is 16.5. The molecule has 24 heavy (non-hydrogen) atoms. The van der Waals surface area contributed by atoms with Gasteiger partial charge in [-0.1, -0.05) is 77.9 Å². The smallest absolute Gasteiger partial charge is 0.0178 e. The monoisotopic (exact) mass is 310 g/mol. The van der Waals surface area contributed by atoms with E-state index in [0.717, 1.165) is 12.8 Å². The first kappa shape index (κ1) is 15.0. The molecule has 0 aliphatic heterocycles. The van der Waals surface area contributed by atoms with Gasteiger partial charge in [-0.3, -0.25) is 0 Å². The fraction of sp³-hybridized carbons (Fsp3) is 0.167. The van der Waals surface area contributed by atoms with Crippen LogP contribution in [-0.4, -0.2) is 0 Å². The fourth-order valence-corrected chi connectivity index (χ4v) is 3.41. The van der Waals surface area contributed by atoms with Crippen molar-refractivity contribution in [2.75, 3.05) is 0 Å². The van der Waals surface area contributed by atoms with Crippen LogP contribution in [0.5, 0.6) is 0 Å². The Balaban J connectivity index is 1.73. The molecule has 1 aliphatic rings.